The van der Waals surface area contributed by atoms with Gasteiger partial charge in [0.2, 0.25) is 0 Å². The van der Waals surface area contributed by atoms with Crippen molar-refractivity contribution in [3.05, 3.63) is 29.3 Å². The van der Waals surface area contributed by atoms with Gasteiger partial charge >= 0.3 is 0 Å². The van der Waals surface area contributed by atoms with E-state index in [-0.39, 0.29) is 6.04 Å². The Morgan fingerprint density at radius 3 is 2.19 bits per heavy atom. The van der Waals surface area contributed by atoms with Gasteiger partial charge in [-0.3, -0.25) is 0 Å². The summed E-state index contributed by atoms with van der Waals surface area (Å²) in [4.78, 5) is 0. The fourth-order valence-electron chi connectivity index (χ4n) is 1.79. The molecule has 120 valence electrons. The van der Waals surface area contributed by atoms with E-state index in [0.29, 0.717) is 39.6 Å². The van der Waals surface area contributed by atoms with E-state index in [4.69, 9.17) is 24.7 Å². The van der Waals surface area contributed by atoms with Crippen LogP contribution in [0.15, 0.2) is 18.2 Å². The zero-order valence-corrected chi connectivity index (χ0v) is 13.3. The van der Waals surface area contributed by atoms with Crippen LogP contribution in [0.2, 0.25) is 0 Å². The van der Waals surface area contributed by atoms with Crippen molar-refractivity contribution < 1.29 is 18.9 Å². The lowest BCUT2D eigenvalue weighted by Gasteiger charge is -2.12. The summed E-state index contributed by atoms with van der Waals surface area (Å²) in [5.41, 5.74) is 8.06. The Labute approximate surface area is 127 Å². The molecular formula is C16H27NO4. The van der Waals surface area contributed by atoms with E-state index in [1.54, 1.807) is 7.11 Å². The van der Waals surface area contributed by atoms with Crippen LogP contribution in [-0.4, -0.2) is 46.8 Å². The molecule has 21 heavy (non-hydrogen) atoms. The maximum absolute atomic E-state index is 5.85. The average molecular weight is 297 g/mol. The molecule has 0 radical (unpaired) electrons. The number of hydrogen-bond acceptors (Lipinski definition) is 5. The molecule has 5 heteroatoms. The van der Waals surface area contributed by atoms with Gasteiger partial charge in [-0.25, -0.2) is 0 Å². The largest absolute Gasteiger partial charge is 0.491 e. The summed E-state index contributed by atoms with van der Waals surface area (Å²) in [7, 11) is 1.65. The second kappa shape index (κ2) is 10.6. The highest BCUT2D eigenvalue weighted by Gasteiger charge is 2.04. The van der Waals surface area contributed by atoms with Gasteiger partial charge in [0, 0.05) is 13.2 Å². The van der Waals surface area contributed by atoms with E-state index in [1.165, 1.54) is 0 Å². The normalized spacial score (nSPS) is 12.4. The number of ether oxygens (including phenoxy) is 4. The van der Waals surface area contributed by atoms with Crippen molar-refractivity contribution >= 4 is 0 Å². The van der Waals surface area contributed by atoms with E-state index < -0.39 is 0 Å². The smallest absolute Gasteiger partial charge is 0.122 e. The molecule has 0 heterocycles. The molecule has 0 fully saturated rings. The number of benzene rings is 1. The van der Waals surface area contributed by atoms with E-state index in [0.717, 1.165) is 16.9 Å². The third kappa shape index (κ3) is 7.43. The second-order valence-corrected chi connectivity index (χ2v) is 4.88. The minimum absolute atomic E-state index is 0.0409. The highest BCUT2D eigenvalue weighted by Crippen LogP contribution is 2.21. The number of methoxy groups -OCH3 is 1. The van der Waals surface area contributed by atoms with Gasteiger partial charge in [0.15, 0.2) is 0 Å². The first-order valence-electron chi connectivity index (χ1n) is 7.28. The molecule has 2 N–H and O–H groups in total. The lowest BCUT2D eigenvalue weighted by Crippen LogP contribution is -2.12. The maximum Gasteiger partial charge on any atom is 0.122 e. The summed E-state index contributed by atoms with van der Waals surface area (Å²) in [6, 6.07) is 6.06. The van der Waals surface area contributed by atoms with Crippen LogP contribution in [0.3, 0.4) is 0 Å². The molecule has 0 saturated carbocycles. The van der Waals surface area contributed by atoms with Crippen molar-refractivity contribution in [3.8, 4) is 5.75 Å². The first-order valence-corrected chi connectivity index (χ1v) is 7.28. The first-order chi connectivity index (χ1) is 10.1. The van der Waals surface area contributed by atoms with Crippen molar-refractivity contribution in [2.45, 2.75) is 19.9 Å². The van der Waals surface area contributed by atoms with Crippen LogP contribution < -0.4 is 10.5 Å². The summed E-state index contributed by atoms with van der Waals surface area (Å²) in [6.07, 6.45) is 0. The molecule has 0 saturated heterocycles. The summed E-state index contributed by atoms with van der Waals surface area (Å²) in [5, 5.41) is 0. The maximum atomic E-state index is 5.85. The summed E-state index contributed by atoms with van der Waals surface area (Å²) >= 11 is 0. The third-order valence-corrected chi connectivity index (χ3v) is 3.01. The van der Waals surface area contributed by atoms with Crippen LogP contribution in [0.4, 0.5) is 0 Å². The molecule has 0 unspecified atom stereocenters. The summed E-state index contributed by atoms with van der Waals surface area (Å²) in [5.74, 6) is 0.874. The van der Waals surface area contributed by atoms with Gasteiger partial charge in [0.05, 0.1) is 33.0 Å². The average Bonchev–Trinajstić information content (AvgIpc) is 2.46. The van der Waals surface area contributed by atoms with Gasteiger partial charge in [0.1, 0.15) is 12.4 Å². The van der Waals surface area contributed by atoms with Crippen LogP contribution >= 0.6 is 0 Å². The molecular weight excluding hydrogens is 270 g/mol. The quantitative estimate of drug-likeness (QED) is 0.634. The number of hydrogen-bond donors (Lipinski definition) is 1. The zero-order chi connectivity index (χ0) is 15.5. The van der Waals surface area contributed by atoms with Crippen LogP contribution in [0, 0.1) is 6.92 Å². The Hall–Kier alpha value is -1.14. The molecule has 1 aromatic rings. The highest BCUT2D eigenvalue weighted by atomic mass is 16.6. The van der Waals surface area contributed by atoms with E-state index >= 15 is 0 Å². The summed E-state index contributed by atoms with van der Waals surface area (Å²) in [6.45, 7) is 7.41. The minimum Gasteiger partial charge on any atom is -0.491 e. The van der Waals surface area contributed by atoms with E-state index in [9.17, 15) is 0 Å². The molecule has 1 rings (SSSR count). The predicted molar refractivity (Wildman–Crippen MR) is 82.8 cm³/mol. The number of nitrogens with two attached hydrogens (primary N) is 1. The fourth-order valence-corrected chi connectivity index (χ4v) is 1.79. The van der Waals surface area contributed by atoms with Crippen molar-refractivity contribution in [2.75, 3.05) is 46.8 Å². The van der Waals surface area contributed by atoms with E-state index in [1.807, 2.05) is 26.0 Å². The highest BCUT2D eigenvalue weighted by molar-refractivity contribution is 5.37. The number of rotatable bonds is 11. The monoisotopic (exact) mass is 297 g/mol. The fraction of sp³-hybridized carbons (Fsp3) is 0.625. The first kappa shape index (κ1) is 17.9. The zero-order valence-electron chi connectivity index (χ0n) is 13.3. The number of aryl methyl sites for hydroxylation is 1. The molecule has 1 aromatic carbocycles. The van der Waals surface area contributed by atoms with Gasteiger partial charge in [-0.05, 0) is 31.0 Å². The van der Waals surface area contributed by atoms with Gasteiger partial charge < -0.3 is 24.7 Å². The van der Waals surface area contributed by atoms with Crippen molar-refractivity contribution in [2.24, 2.45) is 5.73 Å². The Kier molecular flexibility index (Phi) is 9.01. The Balaban J connectivity index is 2.13. The van der Waals surface area contributed by atoms with Crippen molar-refractivity contribution in [1.82, 2.24) is 0 Å². The van der Waals surface area contributed by atoms with Crippen LogP contribution in [-0.2, 0) is 14.2 Å². The predicted octanol–water partition coefficient (Wildman–Crippen LogP) is 2.07. The van der Waals surface area contributed by atoms with Crippen LogP contribution in [0.25, 0.3) is 0 Å². The molecule has 0 aromatic heterocycles. The molecule has 0 aliphatic heterocycles. The van der Waals surface area contributed by atoms with Gasteiger partial charge in [-0.1, -0.05) is 12.1 Å². The summed E-state index contributed by atoms with van der Waals surface area (Å²) < 4.78 is 21.3. The minimum atomic E-state index is 0.0409. The molecule has 0 aliphatic carbocycles. The van der Waals surface area contributed by atoms with Crippen LogP contribution in [0.5, 0.6) is 5.75 Å². The van der Waals surface area contributed by atoms with E-state index in [2.05, 4.69) is 6.07 Å². The second-order valence-electron chi connectivity index (χ2n) is 4.88. The standard InChI is InChI=1S/C16H27NO4/c1-13-12-15(14(2)17)4-5-16(13)21-11-10-20-9-8-19-7-6-18-3/h4-5,12,14H,6-11,17H2,1-3H3/t14-/m1/s1. The molecule has 0 spiro atoms. The Morgan fingerprint density at radius 2 is 1.62 bits per heavy atom. The van der Waals surface area contributed by atoms with Crippen LogP contribution in [0.1, 0.15) is 24.1 Å². The lowest BCUT2D eigenvalue weighted by atomic mass is 10.1. The van der Waals surface area contributed by atoms with Gasteiger partial charge in [0.25, 0.3) is 0 Å². The van der Waals surface area contributed by atoms with Crippen molar-refractivity contribution in [1.29, 1.82) is 0 Å². The molecule has 0 bridgehead atoms. The Bertz CT molecular complexity index is 396. The topological polar surface area (TPSA) is 62.9 Å². The molecule has 0 amide bonds. The SMILES string of the molecule is COCCOCCOCCOc1ccc([C@@H](C)N)cc1C. The molecule has 1 atom stereocenters. The van der Waals surface area contributed by atoms with Crippen molar-refractivity contribution in [3.63, 3.8) is 0 Å². The van der Waals surface area contributed by atoms with Gasteiger partial charge in [-0.2, -0.15) is 0 Å². The molecule has 0 aliphatic rings. The Morgan fingerprint density at radius 1 is 1.00 bits per heavy atom. The lowest BCUT2D eigenvalue weighted by molar-refractivity contribution is 0.0179. The van der Waals surface area contributed by atoms with Gasteiger partial charge in [-0.15, -0.1) is 0 Å². The molecule has 5 nitrogen and oxygen atoms in total. The third-order valence-electron chi connectivity index (χ3n) is 3.01.